The number of aromatic nitrogens is 1. The molecule has 2 nitrogen and oxygen atoms in total. The van der Waals surface area contributed by atoms with Gasteiger partial charge in [0.15, 0.2) is 0 Å². The highest BCUT2D eigenvalue weighted by Crippen LogP contribution is 2.43. The molecule has 61 heavy (non-hydrogen) atoms. The Morgan fingerprint density at radius 1 is 0.410 bits per heavy atom. The van der Waals surface area contributed by atoms with Crippen molar-refractivity contribution in [3.63, 3.8) is 0 Å². The van der Waals surface area contributed by atoms with Gasteiger partial charge in [-0.25, -0.2) is 0 Å². The SMILES string of the molecule is C=C/C=C\C.CC.c1ccc(-c2ccc(N(c3ccccc3)c3cccc4c(-c5ccc6c(c5)c5ccccc5n6-c5cccc(-c6ccccc6)c5)cccc34)cc2)cc1. The molecular weight excluding hydrogens is 737 g/mol. The van der Waals surface area contributed by atoms with Crippen LogP contribution in [0.25, 0.3) is 71.6 Å². The first-order valence-electron chi connectivity index (χ1n) is 21.2. The molecule has 0 N–H and O–H groups in total. The van der Waals surface area contributed by atoms with Gasteiger partial charge in [0.05, 0.1) is 16.7 Å². The van der Waals surface area contributed by atoms with E-state index in [0.717, 1.165) is 22.7 Å². The molecule has 0 saturated carbocycles. The minimum atomic E-state index is 1.12. The van der Waals surface area contributed by atoms with Gasteiger partial charge >= 0.3 is 0 Å². The Morgan fingerprint density at radius 2 is 0.934 bits per heavy atom. The Labute approximate surface area is 360 Å². The number of hydrogen-bond acceptors (Lipinski definition) is 1. The van der Waals surface area contributed by atoms with Crippen molar-refractivity contribution in [3.05, 3.63) is 243 Å². The van der Waals surface area contributed by atoms with E-state index < -0.39 is 0 Å². The molecule has 0 spiro atoms. The quantitative estimate of drug-likeness (QED) is 0.139. The van der Waals surface area contributed by atoms with Crippen molar-refractivity contribution in [2.45, 2.75) is 20.8 Å². The lowest BCUT2D eigenvalue weighted by molar-refractivity contribution is 1.18. The second-order valence-electron chi connectivity index (χ2n) is 14.5. The largest absolute Gasteiger partial charge is 0.310 e. The molecule has 0 aliphatic rings. The molecule has 0 radical (unpaired) electrons. The molecular formula is C59H50N2. The van der Waals surface area contributed by atoms with E-state index in [1.165, 1.54) is 66.0 Å². The summed E-state index contributed by atoms with van der Waals surface area (Å²) in [6.07, 6.45) is 5.58. The summed E-state index contributed by atoms with van der Waals surface area (Å²) in [5.74, 6) is 0. The van der Waals surface area contributed by atoms with E-state index in [2.05, 4.69) is 234 Å². The fraction of sp³-hybridized carbons (Fsp3) is 0.0508. The van der Waals surface area contributed by atoms with Gasteiger partial charge in [0, 0.05) is 33.2 Å². The average Bonchev–Trinajstić information content (AvgIpc) is 3.67. The molecule has 0 aliphatic carbocycles. The zero-order chi connectivity index (χ0) is 42.0. The average molecular weight is 787 g/mol. The van der Waals surface area contributed by atoms with Crippen LogP contribution in [-0.4, -0.2) is 4.57 Å². The summed E-state index contributed by atoms with van der Waals surface area (Å²) in [6.45, 7) is 9.42. The number of benzene rings is 9. The van der Waals surface area contributed by atoms with Gasteiger partial charge in [-0.05, 0) is 106 Å². The topological polar surface area (TPSA) is 8.17 Å². The Balaban J connectivity index is 0.000000687. The van der Waals surface area contributed by atoms with Gasteiger partial charge in [-0.15, -0.1) is 0 Å². The molecule has 0 atom stereocenters. The van der Waals surface area contributed by atoms with Gasteiger partial charge in [-0.2, -0.15) is 0 Å². The Morgan fingerprint density at radius 3 is 1.62 bits per heavy atom. The molecule has 0 fully saturated rings. The maximum atomic E-state index is 3.46. The third kappa shape index (κ3) is 8.30. The van der Waals surface area contributed by atoms with E-state index >= 15 is 0 Å². The minimum absolute atomic E-state index is 1.12. The smallest absolute Gasteiger partial charge is 0.0541 e. The number of anilines is 3. The number of allylic oxidation sites excluding steroid dienone is 3. The van der Waals surface area contributed by atoms with Gasteiger partial charge in [-0.1, -0.05) is 196 Å². The van der Waals surface area contributed by atoms with Crippen LogP contribution in [0.2, 0.25) is 0 Å². The summed E-state index contributed by atoms with van der Waals surface area (Å²) >= 11 is 0. The monoisotopic (exact) mass is 786 g/mol. The Hall–Kier alpha value is -7.68. The van der Waals surface area contributed by atoms with Crippen LogP contribution >= 0.6 is 0 Å². The summed E-state index contributed by atoms with van der Waals surface area (Å²) in [4.78, 5) is 2.38. The maximum Gasteiger partial charge on any atom is 0.0541 e. The highest BCUT2D eigenvalue weighted by molar-refractivity contribution is 6.12. The van der Waals surface area contributed by atoms with Crippen molar-refractivity contribution in [2.24, 2.45) is 0 Å². The molecule has 9 aromatic carbocycles. The zero-order valence-corrected chi connectivity index (χ0v) is 35.1. The fourth-order valence-electron chi connectivity index (χ4n) is 8.19. The van der Waals surface area contributed by atoms with E-state index in [4.69, 9.17) is 0 Å². The summed E-state index contributed by atoms with van der Waals surface area (Å²) < 4.78 is 2.41. The summed E-state index contributed by atoms with van der Waals surface area (Å²) in [6, 6.07) is 78.8. The van der Waals surface area contributed by atoms with E-state index in [-0.39, 0.29) is 0 Å². The highest BCUT2D eigenvalue weighted by Gasteiger charge is 2.18. The van der Waals surface area contributed by atoms with Crippen molar-refractivity contribution < 1.29 is 0 Å². The predicted molar refractivity (Wildman–Crippen MR) is 266 cm³/mol. The standard InChI is InChI=1S/C52H36N2.C5H8.C2H6/c1-4-15-37(16-5-1)39-29-32-43(33-30-39)53(42-20-8-3-9-21-42)50-28-14-25-46-45(24-13-26-47(46)50)41-31-34-52-49(36-41)48-23-10-11-27-51(48)54(52)44-22-12-19-40(35-44)38-17-6-2-7-18-38;1-3-5-4-2;1-2/h1-36H;3-5H,1H2,2H3;1-2H3/b;5-4-;. The molecule has 2 heteroatoms. The molecule has 0 amide bonds. The van der Waals surface area contributed by atoms with Gasteiger partial charge in [0.1, 0.15) is 0 Å². The van der Waals surface area contributed by atoms with Crippen LogP contribution in [0, 0.1) is 0 Å². The van der Waals surface area contributed by atoms with Crippen LogP contribution < -0.4 is 4.90 Å². The fourth-order valence-corrected chi connectivity index (χ4v) is 8.19. The molecule has 10 aromatic rings. The van der Waals surface area contributed by atoms with E-state index in [0.29, 0.717) is 0 Å². The lowest BCUT2D eigenvalue weighted by Gasteiger charge is -2.27. The molecule has 0 aliphatic heterocycles. The van der Waals surface area contributed by atoms with Crippen molar-refractivity contribution in [2.75, 3.05) is 4.90 Å². The first-order chi connectivity index (χ1) is 30.2. The van der Waals surface area contributed by atoms with Crippen LogP contribution in [0.15, 0.2) is 243 Å². The number of para-hydroxylation sites is 2. The number of fused-ring (bicyclic) bond motifs is 4. The Bertz CT molecular complexity index is 3050. The molecule has 10 rings (SSSR count). The van der Waals surface area contributed by atoms with Crippen LogP contribution in [0.4, 0.5) is 17.1 Å². The van der Waals surface area contributed by atoms with Crippen molar-refractivity contribution >= 4 is 49.6 Å². The lowest BCUT2D eigenvalue weighted by atomic mass is 9.95. The zero-order valence-electron chi connectivity index (χ0n) is 35.1. The van der Waals surface area contributed by atoms with Gasteiger partial charge in [-0.3, -0.25) is 0 Å². The van der Waals surface area contributed by atoms with E-state index in [1.54, 1.807) is 6.08 Å². The number of nitrogens with zero attached hydrogens (tertiary/aromatic N) is 2. The van der Waals surface area contributed by atoms with Crippen LogP contribution in [0.3, 0.4) is 0 Å². The summed E-state index contributed by atoms with van der Waals surface area (Å²) in [5.41, 5.74) is 14.2. The van der Waals surface area contributed by atoms with E-state index in [1.807, 2.05) is 32.9 Å². The third-order valence-electron chi connectivity index (χ3n) is 10.9. The first kappa shape index (κ1) is 40.1. The minimum Gasteiger partial charge on any atom is -0.310 e. The summed E-state index contributed by atoms with van der Waals surface area (Å²) in [7, 11) is 0. The van der Waals surface area contributed by atoms with Crippen molar-refractivity contribution in [1.82, 2.24) is 4.57 Å². The van der Waals surface area contributed by atoms with Crippen molar-refractivity contribution in [1.29, 1.82) is 0 Å². The molecule has 1 heterocycles. The second-order valence-corrected chi connectivity index (χ2v) is 14.5. The number of hydrogen-bond donors (Lipinski definition) is 0. The lowest BCUT2D eigenvalue weighted by Crippen LogP contribution is -2.10. The molecule has 0 bridgehead atoms. The predicted octanol–water partition coefficient (Wildman–Crippen LogP) is 17.2. The van der Waals surface area contributed by atoms with Crippen molar-refractivity contribution in [3.8, 4) is 39.1 Å². The third-order valence-corrected chi connectivity index (χ3v) is 10.9. The molecule has 1 aromatic heterocycles. The highest BCUT2D eigenvalue weighted by atomic mass is 15.1. The molecule has 0 unspecified atom stereocenters. The summed E-state index contributed by atoms with van der Waals surface area (Å²) in [5, 5.41) is 4.90. The van der Waals surface area contributed by atoms with Crippen LogP contribution in [-0.2, 0) is 0 Å². The maximum absolute atomic E-state index is 3.46. The normalized spacial score (nSPS) is 10.9. The van der Waals surface area contributed by atoms with Gasteiger partial charge < -0.3 is 9.47 Å². The van der Waals surface area contributed by atoms with Crippen LogP contribution in [0.1, 0.15) is 20.8 Å². The number of rotatable bonds is 8. The van der Waals surface area contributed by atoms with Gasteiger partial charge in [0.2, 0.25) is 0 Å². The van der Waals surface area contributed by atoms with E-state index in [9.17, 15) is 0 Å². The van der Waals surface area contributed by atoms with Gasteiger partial charge in [0.25, 0.3) is 0 Å². The molecule has 0 saturated heterocycles. The first-order valence-corrected chi connectivity index (χ1v) is 21.2. The molecule has 296 valence electrons. The van der Waals surface area contributed by atoms with Crippen LogP contribution in [0.5, 0.6) is 0 Å². The second kappa shape index (κ2) is 18.9. The Kier molecular flexibility index (Phi) is 12.4.